The molecule has 6 heteroatoms. The summed E-state index contributed by atoms with van der Waals surface area (Å²) in [6.07, 6.45) is 0. The van der Waals surface area contributed by atoms with Crippen LogP contribution in [0.15, 0.2) is 0 Å². The fraction of sp³-hybridized carbons (Fsp3) is 0.250. The van der Waals surface area contributed by atoms with Crippen molar-refractivity contribution in [3.05, 3.63) is 38.7 Å². The zero-order valence-electron chi connectivity index (χ0n) is 7.40. The lowest BCUT2D eigenvalue weighted by Crippen LogP contribution is -2.04. The molecule has 0 spiro atoms. The summed E-state index contributed by atoms with van der Waals surface area (Å²) >= 11 is 0. The van der Waals surface area contributed by atoms with E-state index in [0.717, 1.165) is 13.8 Å². The minimum absolute atomic E-state index is 0.629. The number of benzene rings is 1. The van der Waals surface area contributed by atoms with E-state index in [1.165, 1.54) is 0 Å². The third kappa shape index (κ3) is 1.32. The van der Waals surface area contributed by atoms with Gasteiger partial charge in [-0.2, -0.15) is 4.39 Å². The Balaban J connectivity index is 3.68. The van der Waals surface area contributed by atoms with Gasteiger partial charge in [0.2, 0.25) is 5.82 Å². The van der Waals surface area contributed by atoms with Gasteiger partial charge in [-0.1, -0.05) is 0 Å². The minimum Gasteiger partial charge on any atom is -0.258 e. The van der Waals surface area contributed by atoms with Gasteiger partial charge in [-0.15, -0.1) is 0 Å². The monoisotopic (exact) mass is 205 g/mol. The van der Waals surface area contributed by atoms with Crippen LogP contribution in [0.4, 0.5) is 18.9 Å². The molecule has 0 aliphatic heterocycles. The van der Waals surface area contributed by atoms with Gasteiger partial charge in [-0.25, -0.2) is 8.78 Å². The molecule has 14 heavy (non-hydrogen) atoms. The first kappa shape index (κ1) is 10.5. The molecule has 0 radical (unpaired) electrons. The third-order valence-corrected chi connectivity index (χ3v) is 1.93. The summed E-state index contributed by atoms with van der Waals surface area (Å²) in [6, 6.07) is 0. The molecule has 0 aliphatic rings. The third-order valence-electron chi connectivity index (χ3n) is 1.93. The summed E-state index contributed by atoms with van der Waals surface area (Å²) in [6.45, 7) is 1.90. The van der Waals surface area contributed by atoms with E-state index >= 15 is 0 Å². The Morgan fingerprint density at radius 3 is 1.86 bits per heavy atom. The fourth-order valence-electron chi connectivity index (χ4n) is 1.09. The first-order valence-corrected chi connectivity index (χ1v) is 3.66. The van der Waals surface area contributed by atoms with Crippen LogP contribution in [0.1, 0.15) is 11.1 Å². The first-order chi connectivity index (χ1) is 6.37. The van der Waals surface area contributed by atoms with Crippen LogP contribution in [0.2, 0.25) is 0 Å². The number of hydrogen-bond acceptors (Lipinski definition) is 2. The van der Waals surface area contributed by atoms with Gasteiger partial charge in [0.25, 0.3) is 0 Å². The van der Waals surface area contributed by atoms with Crippen molar-refractivity contribution >= 4 is 5.69 Å². The molecule has 0 amide bonds. The molecular weight excluding hydrogens is 199 g/mol. The average molecular weight is 205 g/mol. The standard InChI is InChI=1S/C8H6F3NO2/c1-3-5(9)6(10)4(2)8(7(3)11)12(13)14/h1-2H3. The summed E-state index contributed by atoms with van der Waals surface area (Å²) in [5, 5.41) is 10.3. The lowest BCUT2D eigenvalue weighted by molar-refractivity contribution is -0.388. The number of halogens is 3. The van der Waals surface area contributed by atoms with Gasteiger partial charge in [0.15, 0.2) is 11.6 Å². The number of hydrogen-bond donors (Lipinski definition) is 0. The molecule has 0 unspecified atom stereocenters. The van der Waals surface area contributed by atoms with Gasteiger partial charge in [0.05, 0.1) is 10.5 Å². The molecular formula is C8H6F3NO2. The zero-order chi connectivity index (χ0) is 11.0. The van der Waals surface area contributed by atoms with Crippen LogP contribution in [-0.4, -0.2) is 4.92 Å². The normalized spacial score (nSPS) is 10.4. The SMILES string of the molecule is Cc1c(F)c(F)c(C)c([N+](=O)[O-])c1F. The van der Waals surface area contributed by atoms with Crippen molar-refractivity contribution in [2.75, 3.05) is 0 Å². The Morgan fingerprint density at radius 2 is 1.43 bits per heavy atom. The lowest BCUT2D eigenvalue weighted by atomic mass is 10.1. The maximum atomic E-state index is 13.1. The molecule has 0 aliphatic carbocycles. The first-order valence-electron chi connectivity index (χ1n) is 3.66. The molecule has 3 nitrogen and oxygen atoms in total. The second kappa shape index (κ2) is 3.28. The molecule has 76 valence electrons. The molecule has 1 aromatic carbocycles. The van der Waals surface area contributed by atoms with Crippen LogP contribution in [-0.2, 0) is 0 Å². The van der Waals surface area contributed by atoms with Crippen LogP contribution >= 0.6 is 0 Å². The van der Waals surface area contributed by atoms with E-state index in [9.17, 15) is 23.3 Å². The minimum atomic E-state index is -1.38. The zero-order valence-corrected chi connectivity index (χ0v) is 7.40. The maximum Gasteiger partial charge on any atom is 0.311 e. The molecule has 0 heterocycles. The summed E-state index contributed by atoms with van der Waals surface area (Å²) < 4.78 is 38.9. The second-order valence-corrected chi connectivity index (χ2v) is 2.80. The number of nitro benzene ring substituents is 1. The second-order valence-electron chi connectivity index (χ2n) is 2.80. The molecule has 0 bridgehead atoms. The molecule has 0 N–H and O–H groups in total. The van der Waals surface area contributed by atoms with Gasteiger partial charge in [0.1, 0.15) is 0 Å². The van der Waals surface area contributed by atoms with Crippen LogP contribution in [0.5, 0.6) is 0 Å². The van der Waals surface area contributed by atoms with Crippen molar-refractivity contribution in [3.8, 4) is 0 Å². The lowest BCUT2D eigenvalue weighted by Gasteiger charge is -2.04. The highest BCUT2D eigenvalue weighted by atomic mass is 19.2. The van der Waals surface area contributed by atoms with Crippen LogP contribution in [0, 0.1) is 41.4 Å². The van der Waals surface area contributed by atoms with Crippen LogP contribution in [0.25, 0.3) is 0 Å². The Hall–Kier alpha value is -1.59. The van der Waals surface area contributed by atoms with Crippen molar-refractivity contribution in [2.45, 2.75) is 13.8 Å². The molecule has 0 saturated heterocycles. The Morgan fingerprint density at radius 1 is 1.00 bits per heavy atom. The van der Waals surface area contributed by atoms with Crippen molar-refractivity contribution in [1.29, 1.82) is 0 Å². The Kier molecular flexibility index (Phi) is 2.46. The molecule has 0 saturated carbocycles. The van der Waals surface area contributed by atoms with Crippen molar-refractivity contribution in [3.63, 3.8) is 0 Å². The molecule has 0 fully saturated rings. The van der Waals surface area contributed by atoms with Gasteiger partial charge >= 0.3 is 5.69 Å². The number of nitrogens with zero attached hydrogens (tertiary/aromatic N) is 1. The van der Waals surface area contributed by atoms with Crippen LogP contribution < -0.4 is 0 Å². The van der Waals surface area contributed by atoms with Gasteiger partial charge in [0, 0.05) is 5.56 Å². The van der Waals surface area contributed by atoms with Crippen molar-refractivity contribution < 1.29 is 18.1 Å². The highest BCUT2D eigenvalue weighted by Crippen LogP contribution is 2.29. The Bertz CT molecular complexity index is 389. The number of nitro groups is 1. The van der Waals surface area contributed by atoms with Gasteiger partial charge in [-0.3, -0.25) is 10.1 Å². The summed E-state index contributed by atoms with van der Waals surface area (Å²) in [5.41, 5.74) is -2.32. The molecule has 0 atom stereocenters. The van der Waals surface area contributed by atoms with E-state index in [2.05, 4.69) is 0 Å². The quantitative estimate of drug-likeness (QED) is 0.401. The highest BCUT2D eigenvalue weighted by molar-refractivity contribution is 5.45. The molecule has 0 aromatic heterocycles. The summed E-state index contributed by atoms with van der Waals surface area (Å²) in [4.78, 5) is 9.27. The maximum absolute atomic E-state index is 13.1. The molecule has 1 rings (SSSR count). The van der Waals surface area contributed by atoms with Crippen molar-refractivity contribution in [2.24, 2.45) is 0 Å². The predicted molar refractivity (Wildman–Crippen MR) is 42.4 cm³/mol. The van der Waals surface area contributed by atoms with Gasteiger partial charge < -0.3 is 0 Å². The highest BCUT2D eigenvalue weighted by Gasteiger charge is 2.27. The van der Waals surface area contributed by atoms with Crippen LogP contribution in [0.3, 0.4) is 0 Å². The van der Waals surface area contributed by atoms with E-state index in [1.54, 1.807) is 0 Å². The van der Waals surface area contributed by atoms with E-state index in [1.807, 2.05) is 0 Å². The van der Waals surface area contributed by atoms with E-state index in [0.29, 0.717) is 0 Å². The van der Waals surface area contributed by atoms with E-state index in [4.69, 9.17) is 0 Å². The average Bonchev–Trinajstić information content (AvgIpc) is 2.11. The topological polar surface area (TPSA) is 43.1 Å². The van der Waals surface area contributed by atoms with Gasteiger partial charge in [-0.05, 0) is 13.8 Å². The predicted octanol–water partition coefficient (Wildman–Crippen LogP) is 2.63. The largest absolute Gasteiger partial charge is 0.311 e. The fourth-order valence-corrected chi connectivity index (χ4v) is 1.09. The van der Waals surface area contributed by atoms with E-state index in [-0.39, 0.29) is 0 Å². The van der Waals surface area contributed by atoms with Crippen molar-refractivity contribution in [1.82, 2.24) is 0 Å². The number of rotatable bonds is 1. The Labute approximate surface area is 77.3 Å². The smallest absolute Gasteiger partial charge is 0.258 e. The summed E-state index contributed by atoms with van der Waals surface area (Å²) in [7, 11) is 0. The summed E-state index contributed by atoms with van der Waals surface area (Å²) in [5.74, 6) is -4.09. The van der Waals surface area contributed by atoms with E-state index < -0.39 is 39.2 Å². The molecule has 1 aromatic rings.